The van der Waals surface area contributed by atoms with Crippen LogP contribution in [0.5, 0.6) is 0 Å². The van der Waals surface area contributed by atoms with Crippen molar-refractivity contribution in [3.8, 4) is 0 Å². The van der Waals surface area contributed by atoms with Crippen molar-refractivity contribution in [2.24, 2.45) is 11.8 Å². The first-order chi connectivity index (χ1) is 9.48. The van der Waals surface area contributed by atoms with Crippen LogP contribution in [-0.4, -0.2) is 21.9 Å². The Hall–Kier alpha value is -0.830. The van der Waals surface area contributed by atoms with E-state index in [1.54, 1.807) is 0 Å². The van der Waals surface area contributed by atoms with Crippen LogP contribution >= 0.6 is 0 Å². The van der Waals surface area contributed by atoms with Gasteiger partial charge < -0.3 is 5.32 Å². The molecule has 114 valence electrons. The lowest BCUT2D eigenvalue weighted by molar-refractivity contribution is 0.213. The number of rotatable bonds is 5. The second-order valence-electron chi connectivity index (χ2n) is 7.34. The molecule has 0 bridgehead atoms. The van der Waals surface area contributed by atoms with Gasteiger partial charge in [-0.2, -0.15) is 5.10 Å². The molecule has 3 heteroatoms. The number of hydrogen-bond donors (Lipinski definition) is 1. The quantitative estimate of drug-likeness (QED) is 0.890. The van der Waals surface area contributed by atoms with E-state index < -0.39 is 0 Å². The Kier molecular flexibility index (Phi) is 5.25. The van der Waals surface area contributed by atoms with Gasteiger partial charge in [0.1, 0.15) is 0 Å². The van der Waals surface area contributed by atoms with E-state index in [-0.39, 0.29) is 5.54 Å². The summed E-state index contributed by atoms with van der Waals surface area (Å²) in [5.41, 5.74) is 1.65. The molecule has 0 radical (unpaired) electrons. The lowest BCUT2D eigenvalue weighted by Gasteiger charge is -2.34. The van der Waals surface area contributed by atoms with Gasteiger partial charge in [0.05, 0.1) is 6.20 Å². The maximum absolute atomic E-state index is 4.41. The Morgan fingerprint density at radius 3 is 2.55 bits per heavy atom. The summed E-state index contributed by atoms with van der Waals surface area (Å²) in [4.78, 5) is 0. The summed E-state index contributed by atoms with van der Waals surface area (Å²) in [7, 11) is 0. The normalized spacial score (nSPS) is 24.0. The van der Waals surface area contributed by atoms with Crippen LogP contribution in [0, 0.1) is 11.8 Å². The van der Waals surface area contributed by atoms with Crippen molar-refractivity contribution >= 4 is 0 Å². The smallest absolute Gasteiger partial charge is 0.0521 e. The fourth-order valence-corrected chi connectivity index (χ4v) is 3.25. The fourth-order valence-electron chi connectivity index (χ4n) is 3.25. The van der Waals surface area contributed by atoms with Gasteiger partial charge in [-0.25, -0.2) is 0 Å². The highest BCUT2D eigenvalue weighted by molar-refractivity contribution is 5.06. The summed E-state index contributed by atoms with van der Waals surface area (Å²) in [5, 5.41) is 8.11. The monoisotopic (exact) mass is 277 g/mol. The third kappa shape index (κ3) is 4.62. The Bertz CT molecular complexity index is 403. The third-order valence-electron chi connectivity index (χ3n) is 4.47. The van der Waals surface area contributed by atoms with Gasteiger partial charge in [0.2, 0.25) is 0 Å². The van der Waals surface area contributed by atoms with Crippen LogP contribution in [-0.2, 0) is 13.0 Å². The zero-order chi connectivity index (χ0) is 14.6. The van der Waals surface area contributed by atoms with Crippen LogP contribution in [0.4, 0.5) is 0 Å². The molecule has 0 saturated heterocycles. The molecule has 1 aliphatic carbocycles. The number of aryl methyl sites for hydroxylation is 1. The lowest BCUT2D eigenvalue weighted by Crippen LogP contribution is -2.41. The highest BCUT2D eigenvalue weighted by atomic mass is 15.3. The topological polar surface area (TPSA) is 29.9 Å². The van der Waals surface area contributed by atoms with E-state index in [1.807, 2.05) is 4.68 Å². The summed E-state index contributed by atoms with van der Waals surface area (Å²) in [6.07, 6.45) is 11.1. The van der Waals surface area contributed by atoms with Gasteiger partial charge in [-0.15, -0.1) is 0 Å². The van der Waals surface area contributed by atoms with Crippen LogP contribution in [0.2, 0.25) is 0 Å². The predicted molar refractivity (Wildman–Crippen MR) is 84.8 cm³/mol. The van der Waals surface area contributed by atoms with Gasteiger partial charge in [-0.1, -0.05) is 12.8 Å². The average molecular weight is 277 g/mol. The van der Waals surface area contributed by atoms with Gasteiger partial charge in [0.25, 0.3) is 0 Å². The van der Waals surface area contributed by atoms with E-state index in [1.165, 1.54) is 37.7 Å². The number of aromatic nitrogens is 2. The minimum Gasteiger partial charge on any atom is -0.312 e. The number of hydrogen-bond acceptors (Lipinski definition) is 2. The van der Waals surface area contributed by atoms with Gasteiger partial charge in [0.15, 0.2) is 0 Å². The standard InChI is InChI=1S/C17H31N3/c1-5-20-13-14(11-19-20)10-15-8-6-7-9-16(15)12-18-17(2,3)4/h11,13,15-16,18H,5-10,12H2,1-4H3. The van der Waals surface area contributed by atoms with Crippen LogP contribution < -0.4 is 5.32 Å². The molecule has 1 fully saturated rings. The molecular weight excluding hydrogens is 246 g/mol. The first-order valence-electron chi connectivity index (χ1n) is 8.24. The molecular formula is C17H31N3. The number of nitrogens with zero attached hydrogens (tertiary/aromatic N) is 2. The van der Waals surface area contributed by atoms with Gasteiger partial charge in [-0.05, 0) is 70.9 Å². The molecule has 1 heterocycles. The van der Waals surface area contributed by atoms with Crippen LogP contribution in [0.3, 0.4) is 0 Å². The van der Waals surface area contributed by atoms with Crippen molar-refractivity contribution in [2.75, 3.05) is 6.54 Å². The van der Waals surface area contributed by atoms with Crippen molar-refractivity contribution in [2.45, 2.75) is 71.9 Å². The highest BCUT2D eigenvalue weighted by Gasteiger charge is 2.26. The Labute approximate surface area is 124 Å². The Morgan fingerprint density at radius 2 is 1.95 bits per heavy atom. The zero-order valence-electron chi connectivity index (χ0n) is 13.7. The molecule has 3 nitrogen and oxygen atoms in total. The van der Waals surface area contributed by atoms with Crippen molar-refractivity contribution in [1.29, 1.82) is 0 Å². The molecule has 1 aromatic rings. The minimum absolute atomic E-state index is 0.231. The molecule has 1 N–H and O–H groups in total. The van der Waals surface area contributed by atoms with E-state index >= 15 is 0 Å². The van der Waals surface area contributed by atoms with E-state index in [9.17, 15) is 0 Å². The Balaban J connectivity index is 1.92. The summed E-state index contributed by atoms with van der Waals surface area (Å²) in [6, 6.07) is 0. The first kappa shape index (κ1) is 15.6. The second kappa shape index (κ2) is 6.75. The Morgan fingerprint density at radius 1 is 1.25 bits per heavy atom. The van der Waals surface area contributed by atoms with E-state index in [2.05, 4.69) is 50.5 Å². The average Bonchev–Trinajstić information content (AvgIpc) is 2.84. The van der Waals surface area contributed by atoms with Crippen LogP contribution in [0.15, 0.2) is 12.4 Å². The summed E-state index contributed by atoms with van der Waals surface area (Å²) < 4.78 is 2.04. The SMILES string of the molecule is CCn1cc(CC2CCCCC2CNC(C)(C)C)cn1. The molecule has 2 unspecified atom stereocenters. The molecule has 1 aliphatic rings. The van der Waals surface area contributed by atoms with Gasteiger partial charge in [0, 0.05) is 18.3 Å². The van der Waals surface area contributed by atoms with Gasteiger partial charge >= 0.3 is 0 Å². The van der Waals surface area contributed by atoms with Gasteiger partial charge in [-0.3, -0.25) is 4.68 Å². The van der Waals surface area contributed by atoms with Crippen molar-refractivity contribution in [3.63, 3.8) is 0 Å². The van der Waals surface area contributed by atoms with E-state index in [0.717, 1.165) is 24.9 Å². The van der Waals surface area contributed by atoms with Crippen molar-refractivity contribution in [1.82, 2.24) is 15.1 Å². The summed E-state index contributed by atoms with van der Waals surface area (Å²) in [6.45, 7) is 11.1. The molecule has 0 aliphatic heterocycles. The molecule has 1 saturated carbocycles. The molecule has 2 rings (SSSR count). The highest BCUT2D eigenvalue weighted by Crippen LogP contribution is 2.32. The zero-order valence-corrected chi connectivity index (χ0v) is 13.7. The maximum atomic E-state index is 4.41. The molecule has 0 amide bonds. The van der Waals surface area contributed by atoms with E-state index in [4.69, 9.17) is 0 Å². The fraction of sp³-hybridized carbons (Fsp3) is 0.824. The van der Waals surface area contributed by atoms with E-state index in [0.29, 0.717) is 0 Å². The molecule has 0 aromatic carbocycles. The van der Waals surface area contributed by atoms with Crippen LogP contribution in [0.1, 0.15) is 58.9 Å². The predicted octanol–water partition coefficient (Wildman–Crippen LogP) is 3.64. The molecule has 20 heavy (non-hydrogen) atoms. The summed E-state index contributed by atoms with van der Waals surface area (Å²) >= 11 is 0. The summed E-state index contributed by atoms with van der Waals surface area (Å²) in [5.74, 6) is 1.65. The van der Waals surface area contributed by atoms with Crippen molar-refractivity contribution in [3.05, 3.63) is 18.0 Å². The molecule has 2 atom stereocenters. The lowest BCUT2D eigenvalue weighted by atomic mass is 9.76. The van der Waals surface area contributed by atoms with Crippen molar-refractivity contribution < 1.29 is 0 Å². The largest absolute Gasteiger partial charge is 0.312 e. The molecule has 1 aromatic heterocycles. The maximum Gasteiger partial charge on any atom is 0.0521 e. The second-order valence-corrected chi connectivity index (χ2v) is 7.34. The minimum atomic E-state index is 0.231. The molecule has 0 spiro atoms. The first-order valence-corrected chi connectivity index (χ1v) is 8.24. The number of nitrogens with one attached hydrogen (secondary N) is 1. The third-order valence-corrected chi connectivity index (χ3v) is 4.47. The van der Waals surface area contributed by atoms with Crippen LogP contribution in [0.25, 0.3) is 0 Å².